The monoisotopic (exact) mass is 198 g/mol. The standard InChI is InChI=1S/C11H18O3/c1-3-14-11(12)9(2)8-10-4-6-13-7-5-10/h8,10H,3-7H2,1-2H3. The van der Waals surface area contributed by atoms with Gasteiger partial charge in [-0.15, -0.1) is 0 Å². The van der Waals surface area contributed by atoms with E-state index >= 15 is 0 Å². The third-order valence-electron chi connectivity index (χ3n) is 2.35. The summed E-state index contributed by atoms with van der Waals surface area (Å²) in [7, 11) is 0. The van der Waals surface area contributed by atoms with Crippen LogP contribution in [0, 0.1) is 5.92 Å². The van der Waals surface area contributed by atoms with Gasteiger partial charge in [-0.2, -0.15) is 0 Å². The third kappa shape index (κ3) is 3.50. The van der Waals surface area contributed by atoms with Crippen molar-refractivity contribution >= 4 is 5.97 Å². The van der Waals surface area contributed by atoms with Crippen molar-refractivity contribution in [2.45, 2.75) is 26.7 Å². The van der Waals surface area contributed by atoms with Crippen LogP contribution in [0.25, 0.3) is 0 Å². The summed E-state index contributed by atoms with van der Waals surface area (Å²) < 4.78 is 10.2. The lowest BCUT2D eigenvalue weighted by molar-refractivity contribution is -0.138. The summed E-state index contributed by atoms with van der Waals surface area (Å²) >= 11 is 0. The molecule has 80 valence electrons. The maximum absolute atomic E-state index is 11.3. The van der Waals surface area contributed by atoms with Gasteiger partial charge in [-0.05, 0) is 32.6 Å². The molecule has 0 bridgehead atoms. The Morgan fingerprint density at radius 3 is 2.71 bits per heavy atom. The van der Waals surface area contributed by atoms with Crippen molar-refractivity contribution in [2.24, 2.45) is 5.92 Å². The molecule has 1 aliphatic rings. The number of hydrogen-bond acceptors (Lipinski definition) is 3. The second-order valence-electron chi connectivity index (χ2n) is 3.52. The quantitative estimate of drug-likeness (QED) is 0.513. The minimum atomic E-state index is -0.195. The van der Waals surface area contributed by atoms with Gasteiger partial charge in [0.1, 0.15) is 0 Å². The highest BCUT2D eigenvalue weighted by Gasteiger charge is 2.13. The molecule has 1 saturated heterocycles. The predicted molar refractivity (Wildman–Crippen MR) is 53.9 cm³/mol. The zero-order valence-corrected chi connectivity index (χ0v) is 8.91. The lowest BCUT2D eigenvalue weighted by atomic mass is 9.98. The maximum atomic E-state index is 11.3. The van der Waals surface area contributed by atoms with Crippen molar-refractivity contribution in [3.63, 3.8) is 0 Å². The summed E-state index contributed by atoms with van der Waals surface area (Å²) in [6, 6.07) is 0. The summed E-state index contributed by atoms with van der Waals surface area (Å²) in [5.41, 5.74) is 0.721. The molecule has 0 aromatic rings. The van der Waals surface area contributed by atoms with E-state index < -0.39 is 0 Å². The van der Waals surface area contributed by atoms with Crippen molar-refractivity contribution in [2.75, 3.05) is 19.8 Å². The van der Waals surface area contributed by atoms with Crippen LogP contribution in [0.2, 0.25) is 0 Å². The molecule has 0 aromatic carbocycles. The van der Waals surface area contributed by atoms with Crippen LogP contribution >= 0.6 is 0 Å². The van der Waals surface area contributed by atoms with Crippen molar-refractivity contribution < 1.29 is 14.3 Å². The van der Waals surface area contributed by atoms with E-state index in [1.165, 1.54) is 0 Å². The molecule has 0 amide bonds. The number of carbonyl (C=O) groups is 1. The average molecular weight is 198 g/mol. The van der Waals surface area contributed by atoms with Crippen LogP contribution < -0.4 is 0 Å². The minimum absolute atomic E-state index is 0.195. The van der Waals surface area contributed by atoms with Crippen LogP contribution in [0.4, 0.5) is 0 Å². The fraction of sp³-hybridized carbons (Fsp3) is 0.727. The summed E-state index contributed by atoms with van der Waals surface area (Å²) in [5, 5.41) is 0. The highest BCUT2D eigenvalue weighted by molar-refractivity contribution is 5.87. The lowest BCUT2D eigenvalue weighted by Crippen LogP contribution is -2.15. The van der Waals surface area contributed by atoms with Gasteiger partial charge < -0.3 is 9.47 Å². The molecule has 1 fully saturated rings. The van der Waals surface area contributed by atoms with E-state index in [9.17, 15) is 4.79 Å². The van der Waals surface area contributed by atoms with Crippen LogP contribution in [0.15, 0.2) is 11.6 Å². The molecule has 3 nitrogen and oxygen atoms in total. The van der Waals surface area contributed by atoms with E-state index in [1.54, 1.807) is 0 Å². The van der Waals surface area contributed by atoms with Gasteiger partial charge in [0.05, 0.1) is 6.61 Å². The Bertz CT molecular complexity index is 215. The summed E-state index contributed by atoms with van der Waals surface area (Å²) in [6.45, 7) is 5.68. The van der Waals surface area contributed by atoms with Crippen molar-refractivity contribution in [3.8, 4) is 0 Å². The number of allylic oxidation sites excluding steroid dienone is 1. The van der Waals surface area contributed by atoms with Gasteiger partial charge in [-0.1, -0.05) is 6.08 Å². The fourth-order valence-corrected chi connectivity index (χ4v) is 1.55. The van der Waals surface area contributed by atoms with Gasteiger partial charge >= 0.3 is 5.97 Å². The van der Waals surface area contributed by atoms with E-state index in [2.05, 4.69) is 0 Å². The molecule has 1 aliphatic heterocycles. The van der Waals surface area contributed by atoms with Gasteiger partial charge in [-0.3, -0.25) is 0 Å². The first-order valence-electron chi connectivity index (χ1n) is 5.17. The largest absolute Gasteiger partial charge is 0.463 e. The molecule has 0 saturated carbocycles. The van der Waals surface area contributed by atoms with Gasteiger partial charge in [0.2, 0.25) is 0 Å². The number of esters is 1. The molecule has 0 radical (unpaired) electrons. The summed E-state index contributed by atoms with van der Waals surface area (Å²) in [5.74, 6) is 0.284. The molecule has 0 aromatic heterocycles. The highest BCUT2D eigenvalue weighted by Crippen LogP contribution is 2.17. The Hall–Kier alpha value is -0.830. The van der Waals surface area contributed by atoms with E-state index in [4.69, 9.17) is 9.47 Å². The molecular formula is C11H18O3. The molecule has 0 atom stereocenters. The molecule has 3 heteroatoms. The predicted octanol–water partition coefficient (Wildman–Crippen LogP) is 1.92. The number of carbonyl (C=O) groups excluding carboxylic acids is 1. The summed E-state index contributed by atoms with van der Waals surface area (Å²) in [6.07, 6.45) is 4.04. The highest BCUT2D eigenvalue weighted by atomic mass is 16.5. The van der Waals surface area contributed by atoms with E-state index in [0.29, 0.717) is 12.5 Å². The normalized spacial score (nSPS) is 19.4. The zero-order chi connectivity index (χ0) is 10.4. The molecule has 0 spiro atoms. The van der Waals surface area contributed by atoms with Gasteiger partial charge in [0.25, 0.3) is 0 Å². The summed E-state index contributed by atoms with van der Waals surface area (Å²) in [4.78, 5) is 11.3. The third-order valence-corrected chi connectivity index (χ3v) is 2.35. The van der Waals surface area contributed by atoms with E-state index in [0.717, 1.165) is 31.6 Å². The first-order chi connectivity index (χ1) is 6.74. The topological polar surface area (TPSA) is 35.5 Å². The van der Waals surface area contributed by atoms with Crippen LogP contribution in [0.1, 0.15) is 26.7 Å². The first kappa shape index (κ1) is 11.2. The molecule has 14 heavy (non-hydrogen) atoms. The molecule has 0 N–H and O–H groups in total. The molecule has 1 heterocycles. The second-order valence-corrected chi connectivity index (χ2v) is 3.52. The first-order valence-corrected chi connectivity index (χ1v) is 5.17. The van der Waals surface area contributed by atoms with Crippen LogP contribution in [-0.4, -0.2) is 25.8 Å². The van der Waals surface area contributed by atoms with Gasteiger partial charge in [0.15, 0.2) is 0 Å². The van der Waals surface area contributed by atoms with Gasteiger partial charge in [-0.25, -0.2) is 4.79 Å². The van der Waals surface area contributed by atoms with E-state index in [1.807, 2.05) is 19.9 Å². The van der Waals surface area contributed by atoms with E-state index in [-0.39, 0.29) is 5.97 Å². The lowest BCUT2D eigenvalue weighted by Gasteiger charge is -2.19. The zero-order valence-electron chi connectivity index (χ0n) is 8.91. The average Bonchev–Trinajstić information content (AvgIpc) is 2.19. The van der Waals surface area contributed by atoms with Crippen molar-refractivity contribution in [3.05, 3.63) is 11.6 Å². The molecule has 1 rings (SSSR count). The molecular weight excluding hydrogens is 180 g/mol. The van der Waals surface area contributed by atoms with Crippen LogP contribution in [0.3, 0.4) is 0 Å². The second kappa shape index (κ2) is 5.81. The van der Waals surface area contributed by atoms with Crippen LogP contribution in [-0.2, 0) is 14.3 Å². The van der Waals surface area contributed by atoms with Crippen molar-refractivity contribution in [1.82, 2.24) is 0 Å². The Morgan fingerprint density at radius 2 is 2.14 bits per heavy atom. The Balaban J connectivity index is 2.44. The van der Waals surface area contributed by atoms with Crippen molar-refractivity contribution in [1.29, 1.82) is 0 Å². The fourth-order valence-electron chi connectivity index (χ4n) is 1.55. The minimum Gasteiger partial charge on any atom is -0.463 e. The Kier molecular flexibility index (Phi) is 4.66. The maximum Gasteiger partial charge on any atom is 0.333 e. The molecule has 0 aliphatic carbocycles. The number of hydrogen-bond donors (Lipinski definition) is 0. The van der Waals surface area contributed by atoms with Crippen LogP contribution in [0.5, 0.6) is 0 Å². The number of ether oxygens (including phenoxy) is 2. The smallest absolute Gasteiger partial charge is 0.333 e. The Labute approximate surface area is 85.1 Å². The SMILES string of the molecule is CCOC(=O)C(C)=CC1CCOCC1. The Morgan fingerprint density at radius 1 is 1.50 bits per heavy atom. The van der Waals surface area contributed by atoms with Gasteiger partial charge in [0, 0.05) is 18.8 Å². The number of rotatable bonds is 3. The molecule has 0 unspecified atom stereocenters.